The van der Waals surface area contributed by atoms with E-state index in [2.05, 4.69) is 26.1 Å². The van der Waals surface area contributed by atoms with E-state index in [9.17, 15) is 4.39 Å². The number of nitrogens with zero attached hydrogens (tertiary/aromatic N) is 1. The predicted molar refractivity (Wildman–Crippen MR) is 69.7 cm³/mol. The van der Waals surface area contributed by atoms with Gasteiger partial charge in [0.1, 0.15) is 11.9 Å². The molecule has 1 saturated carbocycles. The summed E-state index contributed by atoms with van der Waals surface area (Å²) < 4.78 is 13.2. The van der Waals surface area contributed by atoms with Gasteiger partial charge >= 0.3 is 0 Å². The molecule has 18 heavy (non-hydrogen) atoms. The summed E-state index contributed by atoms with van der Waals surface area (Å²) in [4.78, 5) is 0. The van der Waals surface area contributed by atoms with E-state index in [0.717, 1.165) is 18.5 Å². The smallest absolute Gasteiger partial charge is 0.140 e. The van der Waals surface area contributed by atoms with Gasteiger partial charge in [-0.1, -0.05) is 6.07 Å². The number of nitrogens with one attached hydrogen (secondary N) is 1. The van der Waals surface area contributed by atoms with Gasteiger partial charge < -0.3 is 5.32 Å². The van der Waals surface area contributed by atoms with Gasteiger partial charge in [-0.2, -0.15) is 5.26 Å². The summed E-state index contributed by atoms with van der Waals surface area (Å²) in [6.45, 7) is 7.43. The van der Waals surface area contributed by atoms with Crippen LogP contribution in [-0.4, -0.2) is 12.1 Å². The van der Waals surface area contributed by atoms with Crippen LogP contribution >= 0.6 is 0 Å². The first-order chi connectivity index (χ1) is 8.40. The minimum Gasteiger partial charge on any atom is -0.312 e. The molecule has 0 radical (unpaired) electrons. The Labute approximate surface area is 108 Å². The van der Waals surface area contributed by atoms with Crippen LogP contribution in [-0.2, 0) is 0 Å². The van der Waals surface area contributed by atoms with E-state index in [1.54, 1.807) is 12.1 Å². The number of halogens is 1. The molecule has 0 amide bonds. The minimum atomic E-state index is -0.425. The van der Waals surface area contributed by atoms with E-state index in [1.807, 2.05) is 6.07 Å². The van der Waals surface area contributed by atoms with Crippen molar-refractivity contribution in [3.63, 3.8) is 0 Å². The highest BCUT2D eigenvalue weighted by molar-refractivity contribution is 5.38. The average Bonchev–Trinajstić information content (AvgIpc) is 3.06. The Morgan fingerprint density at radius 3 is 2.78 bits per heavy atom. The molecule has 3 heteroatoms. The van der Waals surface area contributed by atoms with Crippen molar-refractivity contribution in [1.82, 2.24) is 5.32 Å². The van der Waals surface area contributed by atoms with Crippen LogP contribution in [0.2, 0.25) is 0 Å². The van der Waals surface area contributed by atoms with E-state index >= 15 is 0 Å². The zero-order valence-corrected chi connectivity index (χ0v) is 11.1. The van der Waals surface area contributed by atoms with Crippen LogP contribution in [0.5, 0.6) is 0 Å². The molecule has 1 aliphatic carbocycles. The van der Waals surface area contributed by atoms with Gasteiger partial charge in [-0.15, -0.1) is 0 Å². The maximum Gasteiger partial charge on any atom is 0.140 e. The first-order valence-electron chi connectivity index (χ1n) is 6.35. The van der Waals surface area contributed by atoms with Crippen molar-refractivity contribution in [1.29, 1.82) is 5.26 Å². The fraction of sp³-hybridized carbons (Fsp3) is 0.533. The third-order valence-electron chi connectivity index (χ3n) is 3.36. The molecular formula is C15H19FN2. The lowest BCUT2D eigenvalue weighted by molar-refractivity contribution is 0.414. The zero-order chi connectivity index (χ0) is 13.3. The van der Waals surface area contributed by atoms with Crippen LogP contribution in [0.1, 0.15) is 44.2 Å². The van der Waals surface area contributed by atoms with Crippen molar-refractivity contribution in [3.05, 3.63) is 35.1 Å². The van der Waals surface area contributed by atoms with Gasteiger partial charge in [0.2, 0.25) is 0 Å². The molecule has 0 aromatic heterocycles. The van der Waals surface area contributed by atoms with E-state index in [0.29, 0.717) is 11.8 Å². The van der Waals surface area contributed by atoms with Crippen LogP contribution in [0.3, 0.4) is 0 Å². The molecule has 0 bridgehead atoms. The molecule has 1 fully saturated rings. The summed E-state index contributed by atoms with van der Waals surface area (Å²) in [7, 11) is 0. The molecule has 96 valence electrons. The van der Waals surface area contributed by atoms with Gasteiger partial charge in [-0.3, -0.25) is 0 Å². The maximum absolute atomic E-state index is 13.2. The van der Waals surface area contributed by atoms with Crippen LogP contribution in [0.4, 0.5) is 4.39 Å². The number of nitriles is 1. The second-order valence-electron chi connectivity index (χ2n) is 6.08. The summed E-state index contributed by atoms with van der Waals surface area (Å²) in [6.07, 6.45) is 1.12. The fourth-order valence-electron chi connectivity index (χ4n) is 2.18. The summed E-state index contributed by atoms with van der Waals surface area (Å²) >= 11 is 0. The molecule has 1 aliphatic rings. The van der Waals surface area contributed by atoms with Gasteiger partial charge in [0.15, 0.2) is 0 Å². The Balaban J connectivity index is 1.98. The summed E-state index contributed by atoms with van der Waals surface area (Å²) in [6, 6.07) is 6.80. The number of hydrogen-bond donors (Lipinski definition) is 1. The molecule has 2 nitrogen and oxygen atoms in total. The molecule has 2 rings (SSSR count). The van der Waals surface area contributed by atoms with E-state index in [1.165, 1.54) is 6.07 Å². The average molecular weight is 246 g/mol. The molecule has 0 spiro atoms. The second-order valence-corrected chi connectivity index (χ2v) is 6.08. The van der Waals surface area contributed by atoms with Crippen molar-refractivity contribution in [2.24, 2.45) is 5.92 Å². The molecule has 0 saturated heterocycles. The van der Waals surface area contributed by atoms with Crippen LogP contribution < -0.4 is 5.32 Å². The maximum atomic E-state index is 13.2. The number of benzene rings is 1. The monoisotopic (exact) mass is 246 g/mol. The Morgan fingerprint density at radius 1 is 1.44 bits per heavy atom. The first kappa shape index (κ1) is 13.0. The quantitative estimate of drug-likeness (QED) is 0.889. The Bertz CT molecular complexity index is 482. The Kier molecular flexibility index (Phi) is 3.41. The molecule has 1 N–H and O–H groups in total. The van der Waals surface area contributed by atoms with Crippen molar-refractivity contribution in [2.75, 3.05) is 6.54 Å². The van der Waals surface area contributed by atoms with Crippen molar-refractivity contribution < 1.29 is 4.39 Å². The van der Waals surface area contributed by atoms with Crippen molar-refractivity contribution >= 4 is 0 Å². The highest BCUT2D eigenvalue weighted by Crippen LogP contribution is 2.47. The molecule has 0 aliphatic heterocycles. The van der Waals surface area contributed by atoms with Gasteiger partial charge in [0.05, 0.1) is 5.56 Å². The molecule has 1 aromatic rings. The SMILES string of the molecule is CC(C)(C)NCC1CC1c1ccc(F)c(C#N)c1. The Morgan fingerprint density at radius 2 is 2.17 bits per heavy atom. The molecule has 2 unspecified atom stereocenters. The summed E-state index contributed by atoms with van der Waals surface area (Å²) in [5.74, 6) is 0.667. The summed E-state index contributed by atoms with van der Waals surface area (Å²) in [5.41, 5.74) is 1.38. The lowest BCUT2D eigenvalue weighted by Crippen LogP contribution is -2.37. The third kappa shape index (κ3) is 3.08. The zero-order valence-electron chi connectivity index (χ0n) is 11.1. The van der Waals surface area contributed by atoms with Gasteiger partial charge in [-0.25, -0.2) is 4.39 Å². The molecule has 1 aromatic carbocycles. The number of hydrogen-bond acceptors (Lipinski definition) is 2. The largest absolute Gasteiger partial charge is 0.312 e. The number of rotatable bonds is 3. The molecule has 2 atom stereocenters. The highest BCUT2D eigenvalue weighted by Gasteiger charge is 2.38. The lowest BCUT2D eigenvalue weighted by Gasteiger charge is -2.20. The van der Waals surface area contributed by atoms with E-state index in [4.69, 9.17) is 5.26 Å². The topological polar surface area (TPSA) is 35.8 Å². The van der Waals surface area contributed by atoms with E-state index < -0.39 is 5.82 Å². The van der Waals surface area contributed by atoms with Crippen molar-refractivity contribution in [3.8, 4) is 6.07 Å². The second kappa shape index (κ2) is 4.70. The standard InChI is InChI=1S/C15H19FN2/c1-15(2,3)18-9-12-7-13(12)10-4-5-14(16)11(6-10)8-17/h4-6,12-13,18H,7,9H2,1-3H3. The third-order valence-corrected chi connectivity index (χ3v) is 3.36. The van der Waals surface area contributed by atoms with Gasteiger partial charge in [0.25, 0.3) is 0 Å². The minimum absolute atomic E-state index is 0.133. The van der Waals surface area contributed by atoms with E-state index in [-0.39, 0.29) is 11.1 Å². The fourth-order valence-corrected chi connectivity index (χ4v) is 2.18. The predicted octanol–water partition coefficient (Wildman–Crippen LogP) is 3.19. The van der Waals surface area contributed by atoms with Crippen LogP contribution in [0, 0.1) is 23.1 Å². The first-order valence-corrected chi connectivity index (χ1v) is 6.35. The Hall–Kier alpha value is -1.40. The van der Waals surface area contributed by atoms with Gasteiger partial charge in [-0.05, 0) is 63.3 Å². The normalized spacial score (nSPS) is 22.6. The van der Waals surface area contributed by atoms with Crippen LogP contribution in [0.25, 0.3) is 0 Å². The van der Waals surface area contributed by atoms with Crippen LogP contribution in [0.15, 0.2) is 18.2 Å². The van der Waals surface area contributed by atoms with Gasteiger partial charge in [0, 0.05) is 5.54 Å². The van der Waals surface area contributed by atoms with Crippen molar-refractivity contribution in [2.45, 2.75) is 38.6 Å². The highest BCUT2D eigenvalue weighted by atomic mass is 19.1. The molecular weight excluding hydrogens is 227 g/mol. The summed E-state index contributed by atoms with van der Waals surface area (Å²) in [5, 5.41) is 12.3. The molecule has 0 heterocycles. The lowest BCUT2D eigenvalue weighted by atomic mass is 10.0.